The van der Waals surface area contributed by atoms with Gasteiger partial charge in [0, 0.05) is 6.42 Å². The molecule has 0 aliphatic rings. The third-order valence-electron chi connectivity index (χ3n) is 1.92. The summed E-state index contributed by atoms with van der Waals surface area (Å²) in [6.45, 7) is 0. The second-order valence-electron chi connectivity index (χ2n) is 3.08. The molecule has 1 atom stereocenters. The molecule has 80 valence electrons. The fourth-order valence-corrected chi connectivity index (χ4v) is 1.21. The van der Waals surface area contributed by atoms with Crippen LogP contribution in [0.5, 0.6) is 0 Å². The maximum Gasteiger partial charge on any atom is 1.00 e. The van der Waals surface area contributed by atoms with E-state index >= 15 is 0 Å². The first kappa shape index (κ1) is 15.6. The quantitative estimate of drug-likeness (QED) is 0.530. The van der Waals surface area contributed by atoms with E-state index in [2.05, 4.69) is 0 Å². The molecule has 1 aromatic rings. The Kier molecular flexibility index (Phi) is 7.61. The van der Waals surface area contributed by atoms with Crippen LogP contribution in [0.25, 0.3) is 0 Å². The maximum absolute atomic E-state index is 10.9. The van der Waals surface area contributed by atoms with Crippen LogP contribution in [-0.4, -0.2) is 18.0 Å². The summed E-state index contributed by atoms with van der Waals surface area (Å²) >= 11 is 0. The molecule has 0 aliphatic carbocycles. The Balaban J connectivity index is 0.00000225. The average molecular weight is 246 g/mol. The van der Waals surface area contributed by atoms with E-state index in [1.54, 1.807) is 24.3 Å². The van der Waals surface area contributed by atoms with Gasteiger partial charge in [0.1, 0.15) is 12.1 Å². The van der Waals surface area contributed by atoms with E-state index in [1.165, 1.54) is 0 Å². The third kappa shape index (κ3) is 5.62. The first-order chi connectivity index (χ1) is 7.09. The molecule has 2 amide bonds. The van der Waals surface area contributed by atoms with Gasteiger partial charge in [-0.25, -0.2) is 0 Å². The monoisotopic (exact) mass is 246 g/mol. The summed E-state index contributed by atoms with van der Waals surface area (Å²) < 4.78 is 0. The van der Waals surface area contributed by atoms with Crippen LogP contribution in [0.15, 0.2) is 30.3 Å². The predicted octanol–water partition coefficient (Wildman–Crippen LogP) is -3.98. The number of hydrogen-bond donors (Lipinski definition) is 2. The number of rotatable bonds is 4. The summed E-state index contributed by atoms with van der Waals surface area (Å²) in [5, 5.41) is 12.2. The fourth-order valence-electron chi connectivity index (χ4n) is 1.21. The summed E-state index contributed by atoms with van der Waals surface area (Å²) in [4.78, 5) is 21.2. The van der Waals surface area contributed by atoms with E-state index in [1.807, 2.05) is 11.4 Å². The zero-order chi connectivity index (χ0) is 11.3. The molecule has 6 heteroatoms. The van der Waals surface area contributed by atoms with Gasteiger partial charge in [-0.05, 0) is 5.56 Å². The molecule has 0 aliphatic heterocycles. The fraction of sp³-hybridized carbons (Fsp3) is 0.200. The normalized spacial score (nSPS) is 11.0. The summed E-state index contributed by atoms with van der Waals surface area (Å²) in [5.41, 5.74) is 5.87. The van der Waals surface area contributed by atoms with Crippen LogP contribution in [0.4, 0.5) is 4.79 Å². The Morgan fingerprint density at radius 2 is 1.88 bits per heavy atom. The van der Waals surface area contributed by atoms with Crippen molar-refractivity contribution in [3.8, 4) is 0 Å². The van der Waals surface area contributed by atoms with E-state index in [9.17, 15) is 14.7 Å². The third-order valence-corrected chi connectivity index (χ3v) is 1.92. The average Bonchev–Trinajstić information content (AvgIpc) is 2.17. The van der Waals surface area contributed by atoms with Gasteiger partial charge in [-0.15, -0.1) is 0 Å². The van der Waals surface area contributed by atoms with Crippen LogP contribution >= 0.6 is 0 Å². The second kappa shape index (κ2) is 7.80. The van der Waals surface area contributed by atoms with Crippen LogP contribution in [0, 0.1) is 0 Å². The van der Waals surface area contributed by atoms with Gasteiger partial charge < -0.3 is 21.0 Å². The number of nitrogens with two attached hydrogens (primary N) is 1. The summed E-state index contributed by atoms with van der Waals surface area (Å²) in [6, 6.07) is 8.05. The van der Waals surface area contributed by atoms with Crippen molar-refractivity contribution < 1.29 is 66.1 Å². The SMILES string of the molecule is NC(=O)[C@H](Cc1ccccc1)NC(=O)[O-].[K+]. The molecule has 0 bridgehead atoms. The van der Waals surface area contributed by atoms with Crippen LogP contribution in [0.1, 0.15) is 5.56 Å². The Bertz CT molecular complexity index is 356. The molecule has 0 radical (unpaired) electrons. The van der Waals surface area contributed by atoms with Gasteiger partial charge in [0.2, 0.25) is 5.91 Å². The molecular weight excluding hydrogens is 235 g/mol. The summed E-state index contributed by atoms with van der Waals surface area (Å²) in [6.07, 6.45) is -1.28. The van der Waals surface area contributed by atoms with E-state index in [0.717, 1.165) is 5.56 Å². The van der Waals surface area contributed by atoms with Gasteiger partial charge in [0.05, 0.1) is 0 Å². The first-order valence-electron chi connectivity index (χ1n) is 4.40. The van der Waals surface area contributed by atoms with Crippen LogP contribution in [0.3, 0.4) is 0 Å². The number of benzene rings is 1. The van der Waals surface area contributed by atoms with Crippen molar-refractivity contribution in [1.82, 2.24) is 5.32 Å². The minimum absolute atomic E-state index is 0. The largest absolute Gasteiger partial charge is 1.00 e. The van der Waals surface area contributed by atoms with Crippen molar-refractivity contribution in [3.63, 3.8) is 0 Å². The van der Waals surface area contributed by atoms with E-state index in [4.69, 9.17) is 5.73 Å². The molecule has 0 fully saturated rings. The number of carbonyl (C=O) groups is 2. The number of nitrogens with one attached hydrogen (secondary N) is 1. The number of carbonyl (C=O) groups excluding carboxylic acids is 2. The molecule has 0 saturated heterocycles. The van der Waals surface area contributed by atoms with Crippen molar-refractivity contribution in [3.05, 3.63) is 35.9 Å². The van der Waals surface area contributed by atoms with Crippen molar-refractivity contribution in [2.45, 2.75) is 12.5 Å². The molecular formula is C10H11KN2O3. The number of amides is 2. The minimum atomic E-state index is -1.50. The van der Waals surface area contributed by atoms with E-state index in [0.29, 0.717) is 0 Å². The maximum atomic E-state index is 10.9. The van der Waals surface area contributed by atoms with Crippen molar-refractivity contribution in [1.29, 1.82) is 0 Å². The predicted molar refractivity (Wildman–Crippen MR) is 51.7 cm³/mol. The smallest absolute Gasteiger partial charge is 0.530 e. The Labute approximate surface area is 136 Å². The summed E-state index contributed by atoms with van der Waals surface area (Å²) in [5.74, 6) is -0.719. The van der Waals surface area contributed by atoms with Crippen molar-refractivity contribution in [2.24, 2.45) is 5.73 Å². The standard InChI is InChI=1S/C10H12N2O3.K/c11-9(13)8(12-10(14)15)6-7-4-2-1-3-5-7;/h1-5,8,12H,6H2,(H2,11,13)(H,14,15);/q;+1/p-1/t8-;/m0./s1. The van der Waals surface area contributed by atoms with Crippen molar-refractivity contribution >= 4 is 12.0 Å². The molecule has 0 unspecified atom stereocenters. The number of carboxylic acid groups (broad SMARTS) is 1. The molecule has 16 heavy (non-hydrogen) atoms. The Morgan fingerprint density at radius 1 is 1.31 bits per heavy atom. The zero-order valence-corrected chi connectivity index (χ0v) is 12.1. The van der Waals surface area contributed by atoms with Gasteiger partial charge in [-0.3, -0.25) is 4.79 Å². The molecule has 0 heterocycles. The van der Waals surface area contributed by atoms with Gasteiger partial charge in [0.15, 0.2) is 0 Å². The molecule has 0 aromatic heterocycles. The van der Waals surface area contributed by atoms with Crippen LogP contribution < -0.4 is 67.5 Å². The zero-order valence-electron chi connectivity index (χ0n) is 8.97. The molecule has 1 rings (SSSR count). The molecule has 5 nitrogen and oxygen atoms in total. The molecule has 1 aromatic carbocycles. The van der Waals surface area contributed by atoms with E-state index in [-0.39, 0.29) is 57.8 Å². The Hall–Kier alpha value is -0.404. The topological polar surface area (TPSA) is 95.2 Å². The van der Waals surface area contributed by atoms with Gasteiger partial charge in [-0.2, -0.15) is 0 Å². The molecule has 0 spiro atoms. The van der Waals surface area contributed by atoms with Crippen LogP contribution in [0.2, 0.25) is 0 Å². The molecule has 0 saturated carbocycles. The Morgan fingerprint density at radius 3 is 2.31 bits per heavy atom. The van der Waals surface area contributed by atoms with E-state index < -0.39 is 18.0 Å². The molecule has 3 N–H and O–H groups in total. The van der Waals surface area contributed by atoms with Gasteiger partial charge >= 0.3 is 51.4 Å². The van der Waals surface area contributed by atoms with Crippen LogP contribution in [-0.2, 0) is 11.2 Å². The van der Waals surface area contributed by atoms with Gasteiger partial charge in [-0.1, -0.05) is 30.3 Å². The summed E-state index contributed by atoms with van der Waals surface area (Å²) in [7, 11) is 0. The second-order valence-corrected chi connectivity index (χ2v) is 3.08. The minimum Gasteiger partial charge on any atom is -0.530 e. The number of primary amides is 1. The van der Waals surface area contributed by atoms with Gasteiger partial charge in [0.25, 0.3) is 0 Å². The first-order valence-corrected chi connectivity index (χ1v) is 4.40. The van der Waals surface area contributed by atoms with Crippen molar-refractivity contribution in [2.75, 3.05) is 0 Å². The number of hydrogen-bond acceptors (Lipinski definition) is 3.